The second kappa shape index (κ2) is 3.16. The molecule has 0 saturated carbocycles. The molecular weight excluding hydrogens is 173 g/mol. The maximum absolute atomic E-state index is 11.8. The number of ketones is 1. The van der Waals surface area contributed by atoms with E-state index in [1.807, 2.05) is 0 Å². The standard InChI is InChI=1S/C7H7F3O2/c8-7(9,10)6(11)5-3-1-2-4-12-5/h3H,1-2,4H2. The van der Waals surface area contributed by atoms with Gasteiger partial charge in [0.1, 0.15) is 0 Å². The van der Waals surface area contributed by atoms with Crippen LogP contribution in [0.2, 0.25) is 0 Å². The molecule has 1 aliphatic rings. The molecule has 5 heteroatoms. The zero-order chi connectivity index (χ0) is 9.19. The van der Waals surface area contributed by atoms with Gasteiger partial charge in [0, 0.05) is 0 Å². The molecule has 0 radical (unpaired) electrons. The van der Waals surface area contributed by atoms with Gasteiger partial charge in [0.15, 0.2) is 5.76 Å². The Bertz CT molecular complexity index is 217. The monoisotopic (exact) mass is 180 g/mol. The molecule has 0 aliphatic carbocycles. The fourth-order valence-corrected chi connectivity index (χ4v) is 0.855. The van der Waals surface area contributed by atoms with Gasteiger partial charge in [0.2, 0.25) is 0 Å². The number of alkyl halides is 3. The summed E-state index contributed by atoms with van der Waals surface area (Å²) in [5.74, 6) is -2.45. The average Bonchev–Trinajstić information content (AvgIpc) is 2.03. The SMILES string of the molecule is O=C(C1=CCCCO1)C(F)(F)F. The predicted octanol–water partition coefficient (Wildman–Crippen LogP) is 1.81. The van der Waals surface area contributed by atoms with Gasteiger partial charge < -0.3 is 4.74 Å². The van der Waals surface area contributed by atoms with E-state index in [-0.39, 0.29) is 6.61 Å². The molecule has 1 heterocycles. The zero-order valence-corrected chi connectivity index (χ0v) is 6.15. The van der Waals surface area contributed by atoms with Crippen molar-refractivity contribution in [3.8, 4) is 0 Å². The largest absolute Gasteiger partial charge is 0.490 e. The van der Waals surface area contributed by atoms with E-state index in [4.69, 9.17) is 0 Å². The Balaban J connectivity index is 2.70. The third-order valence-electron chi connectivity index (χ3n) is 1.42. The van der Waals surface area contributed by atoms with Gasteiger partial charge in [0.25, 0.3) is 5.78 Å². The number of hydrogen-bond acceptors (Lipinski definition) is 2. The minimum atomic E-state index is -4.82. The maximum atomic E-state index is 11.8. The first-order chi connectivity index (χ1) is 5.52. The van der Waals surface area contributed by atoms with Crippen LogP contribution in [0.5, 0.6) is 0 Å². The Kier molecular flexibility index (Phi) is 2.40. The van der Waals surface area contributed by atoms with E-state index < -0.39 is 17.7 Å². The number of halogens is 3. The van der Waals surface area contributed by atoms with Gasteiger partial charge in [-0.15, -0.1) is 0 Å². The molecule has 0 aromatic heterocycles. The van der Waals surface area contributed by atoms with Gasteiger partial charge in [-0.25, -0.2) is 0 Å². The Morgan fingerprint density at radius 3 is 2.58 bits per heavy atom. The second-order valence-electron chi connectivity index (χ2n) is 2.39. The summed E-state index contributed by atoms with van der Waals surface area (Å²) in [5.41, 5.74) is 0. The highest BCUT2D eigenvalue weighted by molar-refractivity contribution is 5.97. The van der Waals surface area contributed by atoms with Crippen LogP contribution in [0.25, 0.3) is 0 Å². The number of carbonyl (C=O) groups is 1. The molecule has 0 N–H and O–H groups in total. The Hall–Kier alpha value is -1.00. The van der Waals surface area contributed by atoms with Gasteiger partial charge in [-0.05, 0) is 18.9 Å². The van der Waals surface area contributed by atoms with Crippen molar-refractivity contribution >= 4 is 5.78 Å². The number of rotatable bonds is 1. The van der Waals surface area contributed by atoms with Gasteiger partial charge in [-0.2, -0.15) is 13.2 Å². The highest BCUT2D eigenvalue weighted by Gasteiger charge is 2.42. The summed E-state index contributed by atoms with van der Waals surface area (Å²) in [6.45, 7) is 0.188. The van der Waals surface area contributed by atoms with Crippen molar-refractivity contribution in [2.75, 3.05) is 6.61 Å². The Morgan fingerprint density at radius 2 is 2.17 bits per heavy atom. The van der Waals surface area contributed by atoms with Crippen molar-refractivity contribution < 1.29 is 22.7 Å². The molecule has 12 heavy (non-hydrogen) atoms. The number of ether oxygens (including phenoxy) is 1. The van der Waals surface area contributed by atoms with Crippen LogP contribution in [0.15, 0.2) is 11.8 Å². The van der Waals surface area contributed by atoms with E-state index in [1.165, 1.54) is 6.08 Å². The van der Waals surface area contributed by atoms with Crippen molar-refractivity contribution in [1.82, 2.24) is 0 Å². The third-order valence-corrected chi connectivity index (χ3v) is 1.42. The molecule has 0 aromatic rings. The highest BCUT2D eigenvalue weighted by Crippen LogP contribution is 2.23. The van der Waals surface area contributed by atoms with Gasteiger partial charge in [-0.3, -0.25) is 4.79 Å². The van der Waals surface area contributed by atoms with Crippen molar-refractivity contribution in [2.24, 2.45) is 0 Å². The van der Waals surface area contributed by atoms with Crippen LogP contribution in [0, 0.1) is 0 Å². The smallest absolute Gasteiger partial charge is 0.458 e. The lowest BCUT2D eigenvalue weighted by Gasteiger charge is -2.14. The van der Waals surface area contributed by atoms with Crippen LogP contribution in [0.3, 0.4) is 0 Å². The number of carbonyl (C=O) groups excluding carboxylic acids is 1. The van der Waals surface area contributed by atoms with Gasteiger partial charge >= 0.3 is 6.18 Å². The van der Waals surface area contributed by atoms with E-state index in [2.05, 4.69) is 4.74 Å². The molecule has 0 fully saturated rings. The lowest BCUT2D eigenvalue weighted by atomic mass is 10.2. The highest BCUT2D eigenvalue weighted by atomic mass is 19.4. The average molecular weight is 180 g/mol. The van der Waals surface area contributed by atoms with E-state index in [1.54, 1.807) is 0 Å². The second-order valence-corrected chi connectivity index (χ2v) is 2.39. The molecule has 0 amide bonds. The number of hydrogen-bond donors (Lipinski definition) is 0. The minimum Gasteiger partial charge on any atom is -0.490 e. The van der Waals surface area contributed by atoms with Crippen LogP contribution < -0.4 is 0 Å². The molecule has 2 nitrogen and oxygen atoms in total. The molecule has 0 unspecified atom stereocenters. The Morgan fingerprint density at radius 1 is 1.50 bits per heavy atom. The molecule has 0 saturated heterocycles. The number of Topliss-reactive ketones (excluding diaryl/α,β-unsaturated/α-hetero) is 1. The van der Waals surface area contributed by atoms with E-state index in [0.29, 0.717) is 12.8 Å². The van der Waals surface area contributed by atoms with Crippen LogP contribution in [-0.4, -0.2) is 18.6 Å². The van der Waals surface area contributed by atoms with Crippen molar-refractivity contribution in [3.05, 3.63) is 11.8 Å². The Labute approximate surface area is 67.0 Å². The first-order valence-corrected chi connectivity index (χ1v) is 3.46. The summed E-state index contributed by atoms with van der Waals surface area (Å²) in [7, 11) is 0. The van der Waals surface area contributed by atoms with Gasteiger partial charge in [-0.1, -0.05) is 0 Å². The minimum absolute atomic E-state index is 0.188. The van der Waals surface area contributed by atoms with Crippen molar-refractivity contribution in [2.45, 2.75) is 19.0 Å². The molecule has 0 atom stereocenters. The molecule has 1 aliphatic heterocycles. The van der Waals surface area contributed by atoms with Gasteiger partial charge in [0.05, 0.1) is 6.61 Å². The first-order valence-electron chi connectivity index (χ1n) is 3.46. The molecule has 0 spiro atoms. The molecule has 0 aromatic carbocycles. The molecule has 0 bridgehead atoms. The maximum Gasteiger partial charge on any atom is 0.458 e. The van der Waals surface area contributed by atoms with Crippen LogP contribution in [0.1, 0.15) is 12.8 Å². The molecule has 68 valence electrons. The van der Waals surface area contributed by atoms with Crippen molar-refractivity contribution in [3.63, 3.8) is 0 Å². The summed E-state index contributed by atoms with van der Waals surface area (Å²) in [6.07, 6.45) is -2.51. The summed E-state index contributed by atoms with van der Waals surface area (Å²) >= 11 is 0. The fourth-order valence-electron chi connectivity index (χ4n) is 0.855. The summed E-state index contributed by atoms with van der Waals surface area (Å²) in [5, 5.41) is 0. The summed E-state index contributed by atoms with van der Waals surface area (Å²) in [4.78, 5) is 10.5. The number of allylic oxidation sites excluding steroid dienone is 2. The first kappa shape index (κ1) is 9.09. The zero-order valence-electron chi connectivity index (χ0n) is 6.15. The lowest BCUT2D eigenvalue weighted by Crippen LogP contribution is -2.26. The van der Waals surface area contributed by atoms with Crippen LogP contribution in [0.4, 0.5) is 13.2 Å². The fraction of sp³-hybridized carbons (Fsp3) is 0.571. The van der Waals surface area contributed by atoms with E-state index in [0.717, 1.165) is 0 Å². The quantitative estimate of drug-likeness (QED) is 0.615. The van der Waals surface area contributed by atoms with E-state index >= 15 is 0 Å². The summed E-state index contributed by atoms with van der Waals surface area (Å²) < 4.78 is 39.8. The van der Waals surface area contributed by atoms with Crippen LogP contribution >= 0.6 is 0 Å². The lowest BCUT2D eigenvalue weighted by molar-refractivity contribution is -0.170. The van der Waals surface area contributed by atoms with E-state index in [9.17, 15) is 18.0 Å². The van der Waals surface area contributed by atoms with Crippen molar-refractivity contribution in [1.29, 1.82) is 0 Å². The predicted molar refractivity (Wildman–Crippen MR) is 34.3 cm³/mol. The topological polar surface area (TPSA) is 26.3 Å². The normalized spacial score (nSPS) is 18.1. The third kappa shape index (κ3) is 1.99. The summed E-state index contributed by atoms with van der Waals surface area (Å²) in [6, 6.07) is 0. The van der Waals surface area contributed by atoms with Crippen LogP contribution in [-0.2, 0) is 9.53 Å². The molecular formula is C7H7F3O2. The molecule has 1 rings (SSSR count).